The molecule has 1 saturated carbocycles. The first-order valence-electron chi connectivity index (χ1n) is 6.44. The summed E-state index contributed by atoms with van der Waals surface area (Å²) in [5, 5.41) is 3.14. The minimum atomic E-state index is 0.145. The number of carbonyl (C=O) groups is 1. The number of rotatable bonds is 3. The fourth-order valence-electron chi connectivity index (χ4n) is 2.40. The summed E-state index contributed by atoms with van der Waals surface area (Å²) in [6.45, 7) is 2.00. The Morgan fingerprint density at radius 1 is 1.41 bits per heavy atom. The smallest absolute Gasteiger partial charge is 0.224 e. The number of pyridine rings is 1. The molecule has 17 heavy (non-hydrogen) atoms. The lowest BCUT2D eigenvalue weighted by molar-refractivity contribution is -0.121. The molecule has 0 bridgehead atoms. The molecule has 0 aromatic carbocycles. The quantitative estimate of drug-likeness (QED) is 0.869. The lowest BCUT2D eigenvalue weighted by atomic mass is 9.95. The van der Waals surface area contributed by atoms with Gasteiger partial charge >= 0.3 is 0 Å². The van der Waals surface area contributed by atoms with Gasteiger partial charge in [-0.1, -0.05) is 19.3 Å². The number of aryl methyl sites for hydroxylation is 1. The van der Waals surface area contributed by atoms with Crippen LogP contribution in [0.5, 0.6) is 0 Å². The van der Waals surface area contributed by atoms with E-state index >= 15 is 0 Å². The predicted octanol–water partition coefficient (Wildman–Crippen LogP) is 2.38. The van der Waals surface area contributed by atoms with E-state index in [0.29, 0.717) is 12.5 Å². The summed E-state index contributed by atoms with van der Waals surface area (Å²) in [5.41, 5.74) is 2.17. The highest BCUT2D eigenvalue weighted by atomic mass is 16.1. The van der Waals surface area contributed by atoms with E-state index in [1.165, 1.54) is 19.3 Å². The molecule has 1 fully saturated rings. The number of nitrogens with zero attached hydrogens (tertiary/aromatic N) is 1. The third kappa shape index (κ3) is 3.55. The van der Waals surface area contributed by atoms with E-state index in [4.69, 9.17) is 0 Å². The van der Waals surface area contributed by atoms with Crippen molar-refractivity contribution in [2.75, 3.05) is 0 Å². The lowest BCUT2D eigenvalue weighted by Crippen LogP contribution is -2.37. The van der Waals surface area contributed by atoms with E-state index in [9.17, 15) is 4.79 Å². The zero-order chi connectivity index (χ0) is 12.1. The van der Waals surface area contributed by atoms with Gasteiger partial charge in [0.25, 0.3) is 0 Å². The number of amides is 1. The van der Waals surface area contributed by atoms with Crippen LogP contribution in [-0.4, -0.2) is 16.9 Å². The molecule has 0 aliphatic heterocycles. The van der Waals surface area contributed by atoms with Crippen molar-refractivity contribution in [3.63, 3.8) is 0 Å². The van der Waals surface area contributed by atoms with Crippen molar-refractivity contribution >= 4 is 5.91 Å². The van der Waals surface area contributed by atoms with Gasteiger partial charge in [0.2, 0.25) is 5.91 Å². The molecule has 92 valence electrons. The number of aromatic nitrogens is 1. The van der Waals surface area contributed by atoms with Crippen molar-refractivity contribution in [2.24, 2.45) is 0 Å². The molecule has 1 aliphatic rings. The van der Waals surface area contributed by atoms with Gasteiger partial charge in [-0.05, 0) is 37.0 Å². The summed E-state index contributed by atoms with van der Waals surface area (Å²) < 4.78 is 0. The van der Waals surface area contributed by atoms with Gasteiger partial charge in [0.1, 0.15) is 0 Å². The maximum atomic E-state index is 11.9. The first-order chi connectivity index (χ1) is 8.25. The van der Waals surface area contributed by atoms with Crippen molar-refractivity contribution in [1.82, 2.24) is 10.3 Å². The van der Waals surface area contributed by atoms with Gasteiger partial charge < -0.3 is 5.32 Å². The van der Waals surface area contributed by atoms with Crippen LogP contribution in [0.15, 0.2) is 18.5 Å². The topological polar surface area (TPSA) is 42.0 Å². The van der Waals surface area contributed by atoms with Gasteiger partial charge in [-0.2, -0.15) is 0 Å². The second-order valence-corrected chi connectivity index (χ2v) is 4.88. The molecule has 3 heteroatoms. The average molecular weight is 232 g/mol. The first kappa shape index (κ1) is 12.1. The minimum absolute atomic E-state index is 0.145. The van der Waals surface area contributed by atoms with Crippen molar-refractivity contribution in [3.05, 3.63) is 29.6 Å². The van der Waals surface area contributed by atoms with Crippen LogP contribution in [-0.2, 0) is 11.2 Å². The van der Waals surface area contributed by atoms with E-state index in [1.54, 1.807) is 6.20 Å². The van der Waals surface area contributed by atoms with Crippen LogP contribution in [0, 0.1) is 6.92 Å². The molecule has 0 unspecified atom stereocenters. The van der Waals surface area contributed by atoms with Gasteiger partial charge in [0, 0.05) is 18.4 Å². The molecule has 0 saturated heterocycles. The van der Waals surface area contributed by atoms with Gasteiger partial charge in [-0.3, -0.25) is 9.78 Å². The Balaban J connectivity index is 1.86. The van der Waals surface area contributed by atoms with E-state index in [0.717, 1.165) is 24.0 Å². The van der Waals surface area contributed by atoms with Gasteiger partial charge in [-0.25, -0.2) is 0 Å². The monoisotopic (exact) mass is 232 g/mol. The second kappa shape index (κ2) is 5.80. The normalized spacial score (nSPS) is 16.8. The average Bonchev–Trinajstić information content (AvgIpc) is 2.33. The molecule has 2 rings (SSSR count). The molecule has 1 heterocycles. The highest BCUT2D eigenvalue weighted by Crippen LogP contribution is 2.17. The van der Waals surface area contributed by atoms with Crippen molar-refractivity contribution in [2.45, 2.75) is 51.5 Å². The number of hydrogen-bond acceptors (Lipinski definition) is 2. The van der Waals surface area contributed by atoms with Crippen LogP contribution in [0.3, 0.4) is 0 Å². The maximum Gasteiger partial charge on any atom is 0.224 e. The molecule has 0 atom stereocenters. The summed E-state index contributed by atoms with van der Waals surface area (Å²) in [5.74, 6) is 0.145. The summed E-state index contributed by atoms with van der Waals surface area (Å²) in [6.07, 6.45) is 10.1. The molecule has 1 N–H and O–H groups in total. The SMILES string of the molecule is Cc1cnccc1CC(=O)NC1CCCCC1. The molecule has 1 aromatic heterocycles. The summed E-state index contributed by atoms with van der Waals surface area (Å²) in [7, 11) is 0. The van der Waals surface area contributed by atoms with E-state index in [2.05, 4.69) is 10.3 Å². The Hall–Kier alpha value is -1.38. The fraction of sp³-hybridized carbons (Fsp3) is 0.571. The molecule has 1 aliphatic carbocycles. The van der Waals surface area contributed by atoms with Crippen molar-refractivity contribution in [3.8, 4) is 0 Å². The number of carbonyl (C=O) groups excluding carboxylic acids is 1. The Labute approximate surface area is 103 Å². The van der Waals surface area contributed by atoms with Crippen LogP contribution in [0.1, 0.15) is 43.2 Å². The molecule has 0 spiro atoms. The third-order valence-electron chi connectivity index (χ3n) is 3.46. The number of hydrogen-bond donors (Lipinski definition) is 1. The van der Waals surface area contributed by atoms with E-state index < -0.39 is 0 Å². The molecular weight excluding hydrogens is 212 g/mol. The maximum absolute atomic E-state index is 11.9. The molecule has 3 nitrogen and oxygen atoms in total. The molecular formula is C14H20N2O. The van der Waals surface area contributed by atoms with Gasteiger partial charge in [0.05, 0.1) is 6.42 Å². The van der Waals surface area contributed by atoms with Crippen LogP contribution in [0.25, 0.3) is 0 Å². The Morgan fingerprint density at radius 2 is 2.18 bits per heavy atom. The highest BCUT2D eigenvalue weighted by molar-refractivity contribution is 5.79. The van der Waals surface area contributed by atoms with Gasteiger partial charge in [-0.15, -0.1) is 0 Å². The summed E-state index contributed by atoms with van der Waals surface area (Å²) in [4.78, 5) is 15.9. The lowest BCUT2D eigenvalue weighted by Gasteiger charge is -2.22. The Bertz CT molecular complexity index is 384. The zero-order valence-corrected chi connectivity index (χ0v) is 10.4. The minimum Gasteiger partial charge on any atom is -0.353 e. The van der Waals surface area contributed by atoms with E-state index in [-0.39, 0.29) is 5.91 Å². The Morgan fingerprint density at radius 3 is 2.88 bits per heavy atom. The van der Waals surface area contributed by atoms with Crippen LogP contribution in [0.4, 0.5) is 0 Å². The molecule has 1 amide bonds. The van der Waals surface area contributed by atoms with Crippen molar-refractivity contribution in [1.29, 1.82) is 0 Å². The van der Waals surface area contributed by atoms with Crippen molar-refractivity contribution < 1.29 is 4.79 Å². The Kier molecular flexibility index (Phi) is 4.13. The second-order valence-electron chi connectivity index (χ2n) is 4.88. The molecule has 1 aromatic rings. The van der Waals surface area contributed by atoms with Crippen LogP contribution in [0.2, 0.25) is 0 Å². The molecule has 0 radical (unpaired) electrons. The summed E-state index contributed by atoms with van der Waals surface area (Å²) >= 11 is 0. The fourth-order valence-corrected chi connectivity index (χ4v) is 2.40. The van der Waals surface area contributed by atoms with Gasteiger partial charge in [0.15, 0.2) is 0 Å². The van der Waals surface area contributed by atoms with Crippen LogP contribution >= 0.6 is 0 Å². The highest BCUT2D eigenvalue weighted by Gasteiger charge is 2.15. The van der Waals surface area contributed by atoms with E-state index in [1.807, 2.05) is 19.2 Å². The summed E-state index contributed by atoms with van der Waals surface area (Å²) in [6, 6.07) is 2.33. The zero-order valence-electron chi connectivity index (χ0n) is 10.4. The third-order valence-corrected chi connectivity index (χ3v) is 3.46. The standard InChI is InChI=1S/C14H20N2O/c1-11-10-15-8-7-12(11)9-14(17)16-13-5-3-2-4-6-13/h7-8,10,13H,2-6,9H2,1H3,(H,16,17). The largest absolute Gasteiger partial charge is 0.353 e. The van der Waals surface area contributed by atoms with Crippen LogP contribution < -0.4 is 5.32 Å². The first-order valence-corrected chi connectivity index (χ1v) is 6.44. The number of nitrogens with one attached hydrogen (secondary N) is 1. The predicted molar refractivity (Wildman–Crippen MR) is 67.7 cm³/mol.